The first-order valence-electron chi connectivity index (χ1n) is 11.5. The number of hydrogen-bond acceptors (Lipinski definition) is 8. The van der Waals surface area contributed by atoms with E-state index in [1.807, 2.05) is 32.2 Å². The lowest BCUT2D eigenvalue weighted by Gasteiger charge is -2.29. The third kappa shape index (κ3) is 7.46. The first kappa shape index (κ1) is 26.0. The number of allylic oxidation sites excluding steroid dienone is 1. The highest BCUT2D eigenvalue weighted by atomic mass is 32.2. The van der Waals surface area contributed by atoms with Crippen LogP contribution in [-0.2, 0) is 16.0 Å². The molecule has 0 bridgehead atoms. The normalized spacial score (nSPS) is 19.4. The highest BCUT2D eigenvalue weighted by Crippen LogP contribution is 2.41. The molecule has 2 unspecified atom stereocenters. The lowest BCUT2D eigenvalue weighted by atomic mass is 9.82. The zero-order valence-corrected chi connectivity index (χ0v) is 21.8. The number of nitrogens with one attached hydrogen (secondary N) is 2. The minimum Gasteiger partial charge on any atom is -0.320 e. The van der Waals surface area contributed by atoms with Crippen LogP contribution in [0.15, 0.2) is 40.0 Å². The largest absolute Gasteiger partial charge is 0.320 e. The average Bonchev–Trinajstić information content (AvgIpc) is 3.29. The van der Waals surface area contributed by atoms with Crippen molar-refractivity contribution in [1.82, 2.24) is 20.5 Å². The van der Waals surface area contributed by atoms with Gasteiger partial charge in [-0.25, -0.2) is 0 Å². The highest BCUT2D eigenvalue weighted by molar-refractivity contribution is 8.17. The minimum absolute atomic E-state index is 0.0784. The van der Waals surface area contributed by atoms with E-state index in [1.165, 1.54) is 18.3 Å². The molecule has 2 amide bonds. The topological polar surface area (TPSA) is 109 Å². The fourth-order valence-electron chi connectivity index (χ4n) is 3.87. The lowest BCUT2D eigenvalue weighted by Crippen LogP contribution is -2.27. The van der Waals surface area contributed by atoms with Crippen LogP contribution in [-0.4, -0.2) is 39.1 Å². The zero-order chi connectivity index (χ0) is 24.5. The number of rotatable bonds is 8. The Bertz CT molecular complexity index is 1050. The fourth-order valence-corrected chi connectivity index (χ4v) is 5.97. The van der Waals surface area contributed by atoms with Gasteiger partial charge >= 0.3 is 0 Å². The maximum absolute atomic E-state index is 12.7. The van der Waals surface area contributed by atoms with Gasteiger partial charge in [0.05, 0.1) is 16.5 Å². The van der Waals surface area contributed by atoms with Gasteiger partial charge in [0.1, 0.15) is 5.01 Å². The summed E-state index contributed by atoms with van der Waals surface area (Å²) in [4.78, 5) is 32.9. The van der Waals surface area contributed by atoms with Gasteiger partial charge in [-0.05, 0) is 50.3 Å². The summed E-state index contributed by atoms with van der Waals surface area (Å²) >= 11 is 3.01. The second-order valence-corrected chi connectivity index (χ2v) is 10.4. The Kier molecular flexibility index (Phi) is 9.76. The number of carbonyl (C=O) groups is 2. The van der Waals surface area contributed by atoms with Gasteiger partial charge in [0.2, 0.25) is 16.9 Å². The molecule has 2 aromatic heterocycles. The number of hydrogen-bond donors (Lipinski definition) is 2. The molecule has 2 aromatic rings. The Labute approximate surface area is 209 Å². The average molecular weight is 501 g/mol. The van der Waals surface area contributed by atoms with Crippen molar-refractivity contribution in [1.29, 1.82) is 0 Å². The van der Waals surface area contributed by atoms with Crippen LogP contribution in [0.5, 0.6) is 0 Å². The quantitative estimate of drug-likeness (QED) is 0.393. The second-order valence-electron chi connectivity index (χ2n) is 8.36. The van der Waals surface area contributed by atoms with Crippen molar-refractivity contribution >= 4 is 45.1 Å². The Morgan fingerprint density at radius 2 is 2.06 bits per heavy atom. The van der Waals surface area contributed by atoms with E-state index in [4.69, 9.17) is 0 Å². The first-order chi connectivity index (χ1) is 16.4. The Hall–Kier alpha value is -2.59. The fraction of sp³-hybridized carbons (Fsp3) is 0.500. The number of thioether (sulfide) groups is 1. The molecule has 2 N–H and O–H groups in total. The summed E-state index contributed by atoms with van der Waals surface area (Å²) < 4.78 is 0. The molecule has 1 fully saturated rings. The predicted octanol–water partition coefficient (Wildman–Crippen LogP) is 4.93. The molecule has 0 saturated heterocycles. The summed E-state index contributed by atoms with van der Waals surface area (Å²) in [5, 5.41) is 17.6. The summed E-state index contributed by atoms with van der Waals surface area (Å²) in [5.74, 6) is 0.353. The number of aliphatic imine (C=N–C) groups is 1. The molecule has 1 aliphatic rings. The molecule has 34 heavy (non-hydrogen) atoms. The first-order valence-corrected chi connectivity index (χ1v) is 13.2. The number of carbonyl (C=O) groups excluding carboxylic acids is 2. The summed E-state index contributed by atoms with van der Waals surface area (Å²) in [6.07, 6.45) is 6.87. The van der Waals surface area contributed by atoms with Crippen molar-refractivity contribution in [3.63, 3.8) is 0 Å². The molecule has 2 atom stereocenters. The molecule has 182 valence electrons. The van der Waals surface area contributed by atoms with E-state index in [0.717, 1.165) is 58.5 Å². The molecular formula is C24H32N6O2S2. The molecule has 10 heteroatoms. The van der Waals surface area contributed by atoms with Gasteiger partial charge in [0, 0.05) is 37.7 Å². The van der Waals surface area contributed by atoms with Crippen LogP contribution < -0.4 is 10.6 Å². The van der Waals surface area contributed by atoms with Gasteiger partial charge < -0.3 is 10.6 Å². The third-order valence-electron chi connectivity index (χ3n) is 5.76. The molecule has 1 aliphatic carbocycles. The van der Waals surface area contributed by atoms with Gasteiger partial charge in [0.15, 0.2) is 0 Å². The van der Waals surface area contributed by atoms with E-state index >= 15 is 0 Å². The zero-order valence-electron chi connectivity index (χ0n) is 20.1. The van der Waals surface area contributed by atoms with Crippen molar-refractivity contribution in [2.45, 2.75) is 65.2 Å². The van der Waals surface area contributed by atoms with Crippen LogP contribution in [0.1, 0.15) is 69.5 Å². The number of nitrogens with zero attached hydrogens (tertiary/aromatic N) is 4. The standard InChI is InChI=1S/C24H32N6O2S2/c1-5-15(2)21(28-20(32)14-19-11-6-7-12-26-19)33-22(25-4)17-9-8-10-18(13-17)23-29-30-24(34-23)27-16(3)31/h6-7,11-12,17-18H,5,8-10,13-14H2,1-4H3,(H,28,32)(H,27,30,31). The van der Waals surface area contributed by atoms with Crippen molar-refractivity contribution in [3.05, 3.63) is 45.7 Å². The van der Waals surface area contributed by atoms with Crippen LogP contribution in [0.2, 0.25) is 0 Å². The monoisotopic (exact) mass is 500 g/mol. The lowest BCUT2D eigenvalue weighted by molar-refractivity contribution is -0.119. The van der Waals surface area contributed by atoms with E-state index in [0.29, 0.717) is 5.13 Å². The Morgan fingerprint density at radius 3 is 2.74 bits per heavy atom. The molecule has 2 heterocycles. The van der Waals surface area contributed by atoms with Crippen LogP contribution in [0.25, 0.3) is 0 Å². The van der Waals surface area contributed by atoms with Gasteiger partial charge in [-0.3, -0.25) is 19.6 Å². The van der Waals surface area contributed by atoms with Gasteiger partial charge in [-0.2, -0.15) is 0 Å². The van der Waals surface area contributed by atoms with E-state index in [2.05, 4.69) is 37.7 Å². The van der Waals surface area contributed by atoms with E-state index in [-0.39, 0.29) is 30.1 Å². The summed E-state index contributed by atoms with van der Waals surface area (Å²) in [5.41, 5.74) is 1.87. The van der Waals surface area contributed by atoms with Crippen molar-refractivity contribution in [3.8, 4) is 0 Å². The SMILES string of the molecule is CCC(C)=C(NC(=O)Cc1ccccn1)SC(=NC)C1CCCC(c2nnc(NC(C)=O)s2)C1. The smallest absolute Gasteiger partial charge is 0.230 e. The highest BCUT2D eigenvalue weighted by Gasteiger charge is 2.30. The molecular weight excluding hydrogens is 468 g/mol. The molecule has 8 nitrogen and oxygen atoms in total. The van der Waals surface area contributed by atoms with Crippen LogP contribution >= 0.6 is 23.1 Å². The molecule has 0 aromatic carbocycles. The Balaban J connectivity index is 1.67. The predicted molar refractivity (Wildman–Crippen MR) is 139 cm³/mol. The second kappa shape index (κ2) is 12.8. The summed E-state index contributed by atoms with van der Waals surface area (Å²) in [7, 11) is 1.82. The molecule has 1 saturated carbocycles. The summed E-state index contributed by atoms with van der Waals surface area (Å²) in [6, 6.07) is 5.58. The molecule has 0 spiro atoms. The Morgan fingerprint density at radius 1 is 1.24 bits per heavy atom. The number of aromatic nitrogens is 3. The van der Waals surface area contributed by atoms with Gasteiger partial charge in [-0.15, -0.1) is 10.2 Å². The van der Waals surface area contributed by atoms with E-state index in [1.54, 1.807) is 18.0 Å². The van der Waals surface area contributed by atoms with Crippen molar-refractivity contribution in [2.75, 3.05) is 12.4 Å². The minimum atomic E-state index is -0.142. The van der Waals surface area contributed by atoms with E-state index < -0.39 is 0 Å². The van der Waals surface area contributed by atoms with Crippen molar-refractivity contribution < 1.29 is 9.59 Å². The number of pyridine rings is 1. The number of amides is 2. The maximum Gasteiger partial charge on any atom is 0.230 e. The van der Waals surface area contributed by atoms with Crippen LogP contribution in [0, 0.1) is 5.92 Å². The van der Waals surface area contributed by atoms with Gasteiger partial charge in [0.25, 0.3) is 0 Å². The third-order valence-corrected chi connectivity index (χ3v) is 8.14. The molecule has 0 radical (unpaired) electrons. The summed E-state index contributed by atoms with van der Waals surface area (Å²) in [6.45, 7) is 5.60. The van der Waals surface area contributed by atoms with Crippen molar-refractivity contribution in [2.24, 2.45) is 10.9 Å². The van der Waals surface area contributed by atoms with E-state index in [9.17, 15) is 9.59 Å². The maximum atomic E-state index is 12.7. The van der Waals surface area contributed by atoms with Crippen LogP contribution in [0.4, 0.5) is 5.13 Å². The molecule has 3 rings (SSSR count). The number of anilines is 1. The van der Waals surface area contributed by atoms with Gasteiger partial charge in [-0.1, -0.05) is 42.5 Å². The molecule has 0 aliphatic heterocycles. The van der Waals surface area contributed by atoms with Crippen LogP contribution in [0.3, 0.4) is 0 Å².